The molecule has 7 heterocycles. The molecule has 1 N–H and O–H groups in total. The first kappa shape index (κ1) is 33.3. The van der Waals surface area contributed by atoms with Gasteiger partial charge in [-0.1, -0.05) is 7.43 Å². The van der Waals surface area contributed by atoms with Crippen molar-refractivity contribution in [2.45, 2.75) is 39.5 Å². The van der Waals surface area contributed by atoms with Crippen molar-refractivity contribution < 1.29 is 23.0 Å². The molecule has 5 aromatic heterocycles. The summed E-state index contributed by atoms with van der Waals surface area (Å²) >= 11 is 0. The quantitative estimate of drug-likeness (QED) is 0.251. The maximum Gasteiger partial charge on any atom is 0.251 e. The second-order valence-corrected chi connectivity index (χ2v) is 10.9. The van der Waals surface area contributed by atoms with E-state index in [2.05, 4.69) is 25.2 Å². The number of nitrogens with zero attached hydrogens (tertiary/aromatic N) is 6. The van der Waals surface area contributed by atoms with Crippen LogP contribution in [-0.2, 0) is 24.4 Å². The summed E-state index contributed by atoms with van der Waals surface area (Å²) in [4.78, 5) is 48.7. The lowest BCUT2D eigenvalue weighted by atomic mass is 10.2. The van der Waals surface area contributed by atoms with Crippen LogP contribution in [0.15, 0.2) is 70.6 Å². The number of carbonyl (C=O) groups excluding carboxylic acids is 1. The predicted molar refractivity (Wildman–Crippen MR) is 172 cm³/mol. The van der Waals surface area contributed by atoms with Gasteiger partial charge >= 0.3 is 0 Å². The SMILES string of the molecule is C.O=CCn1c(=O)ccc2ncc(F)cc21.O=c1ccc2ncc(F)cc2n1CCN1CC[C@@H](NCc2cc3c(cn2)OCCO3)C1. The van der Waals surface area contributed by atoms with Crippen molar-refractivity contribution in [3.05, 3.63) is 99.1 Å². The zero-order valence-electron chi connectivity index (χ0n) is 24.8. The first-order valence-corrected chi connectivity index (χ1v) is 14.8. The fraction of sp³-hybridized carbons (Fsp3) is 0.333. The summed E-state index contributed by atoms with van der Waals surface area (Å²) in [5, 5.41) is 3.55. The largest absolute Gasteiger partial charge is 0.486 e. The van der Waals surface area contributed by atoms with Gasteiger partial charge in [-0.3, -0.25) is 34.0 Å². The Kier molecular flexibility index (Phi) is 10.6. The summed E-state index contributed by atoms with van der Waals surface area (Å²) in [5.41, 5.74) is 2.40. The molecule has 1 saturated heterocycles. The van der Waals surface area contributed by atoms with Gasteiger partial charge in [0.2, 0.25) is 0 Å². The van der Waals surface area contributed by atoms with Gasteiger partial charge in [-0.2, -0.15) is 0 Å². The summed E-state index contributed by atoms with van der Waals surface area (Å²) in [6.07, 6.45) is 5.56. The number of aldehydes is 1. The van der Waals surface area contributed by atoms with E-state index in [1.807, 2.05) is 6.07 Å². The average molecular weight is 648 g/mol. The Morgan fingerprint density at radius 1 is 0.830 bits per heavy atom. The Morgan fingerprint density at radius 3 is 2.15 bits per heavy atom. The van der Waals surface area contributed by atoms with Crippen molar-refractivity contribution in [1.82, 2.24) is 34.3 Å². The molecule has 0 amide bonds. The molecule has 0 radical (unpaired) electrons. The Morgan fingerprint density at radius 2 is 1.47 bits per heavy atom. The average Bonchev–Trinajstić information content (AvgIpc) is 3.52. The highest BCUT2D eigenvalue weighted by Crippen LogP contribution is 2.29. The molecule has 0 saturated carbocycles. The molecule has 1 atom stereocenters. The van der Waals surface area contributed by atoms with Crippen LogP contribution in [0.5, 0.6) is 11.5 Å². The Hall–Kier alpha value is -5.08. The van der Waals surface area contributed by atoms with Crippen LogP contribution >= 0.6 is 0 Å². The van der Waals surface area contributed by atoms with Crippen molar-refractivity contribution >= 4 is 28.4 Å². The molecule has 0 unspecified atom stereocenters. The topological polar surface area (TPSA) is 133 Å². The lowest BCUT2D eigenvalue weighted by molar-refractivity contribution is -0.108. The van der Waals surface area contributed by atoms with Crippen molar-refractivity contribution in [3.8, 4) is 11.5 Å². The Balaban J connectivity index is 0.000000228. The molecular formula is C33H35F2N7O5. The summed E-state index contributed by atoms with van der Waals surface area (Å²) in [6, 6.07) is 10.8. The maximum atomic E-state index is 13.6. The summed E-state index contributed by atoms with van der Waals surface area (Å²) in [5.74, 6) is 0.469. The highest BCUT2D eigenvalue weighted by atomic mass is 19.1. The van der Waals surface area contributed by atoms with Gasteiger partial charge in [0, 0.05) is 62.6 Å². The van der Waals surface area contributed by atoms with E-state index in [-0.39, 0.29) is 25.1 Å². The van der Waals surface area contributed by atoms with Gasteiger partial charge < -0.3 is 24.2 Å². The molecule has 0 aromatic carbocycles. The van der Waals surface area contributed by atoms with Crippen molar-refractivity contribution in [2.75, 3.05) is 32.8 Å². The number of likely N-dealkylation sites (tertiary alicyclic amines) is 1. The first-order valence-electron chi connectivity index (χ1n) is 14.8. The van der Waals surface area contributed by atoms with Gasteiger partial charge in [-0.25, -0.2) is 8.78 Å². The summed E-state index contributed by atoms with van der Waals surface area (Å²) in [7, 11) is 0. The second kappa shape index (κ2) is 15.0. The molecular weight excluding hydrogens is 612 g/mol. The molecule has 47 heavy (non-hydrogen) atoms. The zero-order valence-corrected chi connectivity index (χ0v) is 24.8. The molecule has 14 heteroatoms. The van der Waals surface area contributed by atoms with Crippen LogP contribution < -0.4 is 25.9 Å². The van der Waals surface area contributed by atoms with Gasteiger partial charge in [0.1, 0.15) is 31.1 Å². The Bertz CT molecular complexity index is 2000. The van der Waals surface area contributed by atoms with Crippen LogP contribution in [0, 0.1) is 11.6 Å². The van der Waals surface area contributed by atoms with Gasteiger partial charge in [0.05, 0.1) is 52.9 Å². The molecule has 2 aliphatic rings. The third kappa shape index (κ3) is 7.84. The van der Waals surface area contributed by atoms with E-state index in [1.54, 1.807) is 16.8 Å². The van der Waals surface area contributed by atoms with E-state index < -0.39 is 11.6 Å². The lowest BCUT2D eigenvalue weighted by Crippen LogP contribution is -2.34. The maximum absolute atomic E-state index is 13.6. The highest BCUT2D eigenvalue weighted by Gasteiger charge is 2.22. The number of rotatable bonds is 8. The number of hydrogen-bond acceptors (Lipinski definition) is 10. The van der Waals surface area contributed by atoms with E-state index in [9.17, 15) is 23.2 Å². The van der Waals surface area contributed by atoms with Crippen LogP contribution in [-0.4, -0.2) is 74.2 Å². The fourth-order valence-corrected chi connectivity index (χ4v) is 5.56. The number of hydrogen-bond donors (Lipinski definition) is 1. The van der Waals surface area contributed by atoms with E-state index in [1.165, 1.54) is 41.1 Å². The molecule has 12 nitrogen and oxygen atoms in total. The molecule has 5 aromatic rings. The second-order valence-electron chi connectivity index (χ2n) is 10.9. The number of fused-ring (bicyclic) bond motifs is 3. The smallest absolute Gasteiger partial charge is 0.251 e. The molecule has 246 valence electrons. The lowest BCUT2D eigenvalue weighted by Gasteiger charge is -2.19. The normalized spacial score (nSPS) is 15.6. The van der Waals surface area contributed by atoms with E-state index in [0.29, 0.717) is 66.4 Å². The third-order valence-electron chi connectivity index (χ3n) is 7.84. The van der Waals surface area contributed by atoms with E-state index in [4.69, 9.17) is 9.47 Å². The van der Waals surface area contributed by atoms with E-state index in [0.717, 1.165) is 43.7 Å². The van der Waals surface area contributed by atoms with Crippen molar-refractivity contribution in [2.24, 2.45) is 0 Å². The monoisotopic (exact) mass is 647 g/mol. The van der Waals surface area contributed by atoms with E-state index >= 15 is 0 Å². The number of aromatic nitrogens is 5. The number of nitrogens with one attached hydrogen (secondary N) is 1. The van der Waals surface area contributed by atoms with Gasteiger partial charge in [-0.15, -0.1) is 0 Å². The molecule has 0 spiro atoms. The minimum Gasteiger partial charge on any atom is -0.486 e. The summed E-state index contributed by atoms with van der Waals surface area (Å²) in [6.45, 7) is 4.72. The fourth-order valence-electron chi connectivity index (χ4n) is 5.56. The van der Waals surface area contributed by atoms with Crippen LogP contribution in [0.4, 0.5) is 8.78 Å². The Labute approximate surface area is 268 Å². The number of carbonyl (C=O) groups is 1. The standard InChI is InChI=1S/C22H24FN5O3.C10H7FN2O2.CH4/c23-15-9-19-18(26-11-15)1-2-22(29)28(19)6-5-27-4-3-16(14-27)24-12-17-10-20-21(13-25-17)31-8-7-30-20;11-7-5-9-8(12-6-7)1-2-10(15)13(9)3-4-14;/h1-2,9-11,13,16,24H,3-8,12,14H2;1-2,4-6H,3H2;1H4/t16-;;/m1../s1. The molecule has 7 rings (SSSR count). The van der Waals surface area contributed by atoms with Crippen LogP contribution in [0.2, 0.25) is 0 Å². The molecule has 0 aliphatic carbocycles. The van der Waals surface area contributed by atoms with Crippen LogP contribution in [0.3, 0.4) is 0 Å². The van der Waals surface area contributed by atoms with Gasteiger partial charge in [0.15, 0.2) is 11.5 Å². The minimum absolute atomic E-state index is 0. The van der Waals surface area contributed by atoms with Crippen molar-refractivity contribution in [3.63, 3.8) is 0 Å². The molecule has 0 bridgehead atoms. The highest BCUT2D eigenvalue weighted by molar-refractivity contribution is 5.75. The van der Waals surface area contributed by atoms with Crippen LogP contribution in [0.1, 0.15) is 19.5 Å². The number of ether oxygens (including phenoxy) is 2. The zero-order chi connectivity index (χ0) is 32.0. The predicted octanol–water partition coefficient (Wildman–Crippen LogP) is 2.94. The number of halogens is 2. The van der Waals surface area contributed by atoms with Gasteiger partial charge in [-0.05, 0) is 25.1 Å². The van der Waals surface area contributed by atoms with Crippen molar-refractivity contribution in [1.29, 1.82) is 0 Å². The van der Waals surface area contributed by atoms with Crippen LogP contribution in [0.25, 0.3) is 22.1 Å². The van der Waals surface area contributed by atoms with Gasteiger partial charge in [0.25, 0.3) is 11.1 Å². The first-order chi connectivity index (χ1) is 22.4. The third-order valence-corrected chi connectivity index (χ3v) is 7.84. The number of pyridine rings is 5. The minimum atomic E-state index is -0.534. The summed E-state index contributed by atoms with van der Waals surface area (Å²) < 4.78 is 40.5. The molecule has 1 fully saturated rings. The molecule has 2 aliphatic heterocycles.